The number of nitrogens with zero attached hydrogens (tertiary/aromatic N) is 6. The molecule has 0 radical (unpaired) electrons. The summed E-state index contributed by atoms with van der Waals surface area (Å²) in [5.74, 6) is -2.41. The lowest BCUT2D eigenvalue weighted by atomic mass is 9.84. The number of hydrazine groups is 1. The standard InChI is InChI=1S/C55H69N9O8/c1-8-63-43-18-17-35-27-39(43)40(48(63)38-15-11-21-57-45(38)32(2)71-7)28-54(3,4)31-72-53(70)41-16-12-22-64(60-41)51(68)42(25-33-23-36(35)26-37(65)24-33)58-50(67)47(34-13-9-10-14-34)62(6)44(66)29-61(5)52(69)46-49(59-46)55(30-56)19-20-55/h11,15,17-18,21,23-24,26-27,32,34,41-42,46-47,49,59-60,65H,8-10,12-14,16,19-20,22,25,28-29,31H2,1-7H3,(H,58,67)/t32-,41-,42-,46-,47-,49+/m0/s1. The molecular weight excluding hydrogens is 915 g/mol. The highest BCUT2D eigenvalue weighted by Crippen LogP contribution is 2.53. The second-order valence-electron chi connectivity index (χ2n) is 21.6. The highest BCUT2D eigenvalue weighted by Gasteiger charge is 2.63. The van der Waals surface area contributed by atoms with E-state index in [9.17, 15) is 34.3 Å². The first-order valence-electron chi connectivity index (χ1n) is 25.7. The summed E-state index contributed by atoms with van der Waals surface area (Å²) in [6.45, 7) is 8.98. The molecule has 9 rings (SSSR count). The number of ether oxygens (including phenoxy) is 2. The van der Waals surface area contributed by atoms with Gasteiger partial charge in [-0.3, -0.25) is 39.3 Å². The molecule has 2 saturated heterocycles. The van der Waals surface area contributed by atoms with E-state index >= 15 is 0 Å². The number of benzene rings is 2. The number of esters is 1. The Labute approximate surface area is 421 Å². The van der Waals surface area contributed by atoms with Crippen LogP contribution in [0.3, 0.4) is 0 Å². The van der Waals surface area contributed by atoms with E-state index in [0.29, 0.717) is 49.8 Å². The summed E-state index contributed by atoms with van der Waals surface area (Å²) >= 11 is 0. The number of nitrogens with one attached hydrogen (secondary N) is 3. The number of aromatic nitrogens is 2. The van der Waals surface area contributed by atoms with E-state index in [2.05, 4.69) is 65.7 Å². The molecule has 3 aliphatic heterocycles. The van der Waals surface area contributed by atoms with Gasteiger partial charge in [-0.05, 0) is 123 Å². The number of carbonyl (C=O) groups is 5. The Balaban J connectivity index is 1.07. The summed E-state index contributed by atoms with van der Waals surface area (Å²) < 4.78 is 14.3. The Kier molecular flexibility index (Phi) is 14.2. The molecule has 0 spiro atoms. The van der Waals surface area contributed by atoms with Crippen LogP contribution in [0, 0.1) is 28.1 Å². The van der Waals surface area contributed by atoms with Crippen molar-refractivity contribution in [2.24, 2.45) is 16.7 Å². The van der Waals surface area contributed by atoms with Gasteiger partial charge >= 0.3 is 5.97 Å². The molecule has 5 aliphatic rings. The first-order chi connectivity index (χ1) is 34.5. The number of methoxy groups -OCH3 is 1. The van der Waals surface area contributed by atoms with E-state index < -0.39 is 58.7 Å². The summed E-state index contributed by atoms with van der Waals surface area (Å²) in [7, 11) is 4.80. The van der Waals surface area contributed by atoms with Crippen LogP contribution in [0.5, 0.6) is 5.75 Å². The number of likely N-dealkylation sites (N-methyl/N-ethyl adjacent to an activating group) is 2. The summed E-state index contributed by atoms with van der Waals surface area (Å²) in [6.07, 6.45) is 7.54. The van der Waals surface area contributed by atoms with Crippen molar-refractivity contribution in [3.8, 4) is 34.2 Å². The number of cyclic esters (lactones) is 1. The molecule has 6 atom stereocenters. The van der Waals surface area contributed by atoms with Crippen LogP contribution in [0.2, 0.25) is 0 Å². The molecule has 2 aromatic carbocycles. The zero-order chi connectivity index (χ0) is 51.2. The molecule has 6 bridgehead atoms. The number of rotatable bonds is 12. The summed E-state index contributed by atoms with van der Waals surface area (Å²) in [4.78, 5) is 78.9. The molecule has 2 aromatic heterocycles. The van der Waals surface area contributed by atoms with Crippen molar-refractivity contribution in [1.29, 1.82) is 5.26 Å². The van der Waals surface area contributed by atoms with Gasteiger partial charge in [-0.1, -0.05) is 38.8 Å². The Hall–Kier alpha value is -6.35. The fourth-order valence-corrected chi connectivity index (χ4v) is 11.5. The van der Waals surface area contributed by atoms with Crippen LogP contribution in [0.1, 0.15) is 102 Å². The van der Waals surface area contributed by atoms with Gasteiger partial charge in [-0.15, -0.1) is 0 Å². The Morgan fingerprint density at radius 1 is 1.06 bits per heavy atom. The fraction of sp³-hybridized carbons (Fsp3) is 0.545. The summed E-state index contributed by atoms with van der Waals surface area (Å²) in [5.41, 5.74) is 8.97. The van der Waals surface area contributed by atoms with Gasteiger partial charge < -0.3 is 34.3 Å². The molecule has 0 unspecified atom stereocenters. The molecule has 4 fully saturated rings. The van der Waals surface area contributed by atoms with Crippen molar-refractivity contribution in [2.45, 2.75) is 135 Å². The first-order valence-corrected chi connectivity index (χ1v) is 25.7. The summed E-state index contributed by atoms with van der Waals surface area (Å²) in [6, 6.07) is 14.1. The fourth-order valence-electron chi connectivity index (χ4n) is 11.5. The Bertz CT molecular complexity index is 2810. The molecule has 5 heterocycles. The number of fused-ring (bicyclic) bond motifs is 6. The van der Waals surface area contributed by atoms with E-state index in [1.165, 1.54) is 14.8 Å². The van der Waals surface area contributed by atoms with Crippen LogP contribution >= 0.6 is 0 Å². The van der Waals surface area contributed by atoms with Crippen LogP contribution in [0.4, 0.5) is 0 Å². The van der Waals surface area contributed by atoms with Crippen molar-refractivity contribution in [1.82, 2.24) is 40.4 Å². The molecule has 2 saturated carbocycles. The van der Waals surface area contributed by atoms with Gasteiger partial charge in [0, 0.05) is 68.8 Å². The minimum Gasteiger partial charge on any atom is -0.508 e. The third kappa shape index (κ3) is 10.1. The average Bonchev–Trinajstić information content (AvgIpc) is 4.28. The lowest BCUT2D eigenvalue weighted by Gasteiger charge is -2.37. The van der Waals surface area contributed by atoms with Gasteiger partial charge in [0.25, 0.3) is 5.91 Å². The van der Waals surface area contributed by atoms with Gasteiger partial charge in [0.05, 0.1) is 48.2 Å². The predicted octanol–water partition coefficient (Wildman–Crippen LogP) is 5.57. The first kappa shape index (κ1) is 50.6. The second-order valence-corrected chi connectivity index (χ2v) is 21.6. The third-order valence-electron chi connectivity index (χ3n) is 15.8. The third-order valence-corrected chi connectivity index (χ3v) is 15.8. The SMILES string of the molecule is CCn1c(-c2cccnc2[C@H](C)OC)c2c3cc(ccc31)-c1cc(O)cc(c1)C[C@H](NC(=O)[C@H](C1CCCC1)N(C)C(=O)CN(C)C(=O)[C@H]1N[C@H]1C1(C#N)CC1)C(=O)N1CCC[C@H](N1)C(=O)OCC(C)(C)C2. The minimum absolute atomic E-state index is 0.0179. The predicted molar refractivity (Wildman–Crippen MR) is 269 cm³/mol. The van der Waals surface area contributed by atoms with Crippen LogP contribution in [-0.2, 0) is 52.8 Å². The van der Waals surface area contributed by atoms with Crippen molar-refractivity contribution in [3.05, 3.63) is 71.5 Å². The van der Waals surface area contributed by atoms with Crippen LogP contribution < -0.4 is 16.1 Å². The number of hydrogen-bond acceptors (Lipinski definition) is 12. The van der Waals surface area contributed by atoms with Crippen molar-refractivity contribution >= 4 is 40.5 Å². The number of amides is 4. The van der Waals surface area contributed by atoms with Crippen LogP contribution in [-0.4, -0.2) is 130 Å². The highest BCUT2D eigenvalue weighted by molar-refractivity contribution is 5.97. The number of phenolic OH excluding ortho intramolecular Hbond substituents is 1. The monoisotopic (exact) mass is 984 g/mol. The molecule has 2 aliphatic carbocycles. The van der Waals surface area contributed by atoms with Gasteiger partial charge in [0.15, 0.2) is 0 Å². The largest absolute Gasteiger partial charge is 0.508 e. The van der Waals surface area contributed by atoms with Crippen molar-refractivity contribution in [3.63, 3.8) is 0 Å². The molecule has 4 N–H and O–H groups in total. The zero-order valence-corrected chi connectivity index (χ0v) is 42.6. The number of aromatic hydroxyl groups is 1. The maximum absolute atomic E-state index is 14.9. The molecule has 4 amide bonds. The highest BCUT2D eigenvalue weighted by atomic mass is 16.5. The molecule has 4 aromatic rings. The molecule has 382 valence electrons. The molecule has 17 heteroatoms. The number of phenols is 1. The number of pyridine rings is 1. The van der Waals surface area contributed by atoms with E-state index in [4.69, 9.17) is 14.5 Å². The van der Waals surface area contributed by atoms with Crippen LogP contribution in [0.15, 0.2) is 54.7 Å². The maximum atomic E-state index is 14.9. The lowest BCUT2D eigenvalue weighted by Crippen LogP contribution is -2.62. The zero-order valence-electron chi connectivity index (χ0n) is 42.6. The molecule has 72 heavy (non-hydrogen) atoms. The van der Waals surface area contributed by atoms with Gasteiger partial charge in [0.2, 0.25) is 17.7 Å². The van der Waals surface area contributed by atoms with Crippen LogP contribution in [0.25, 0.3) is 33.3 Å². The number of carbonyl (C=O) groups excluding carboxylic acids is 5. The van der Waals surface area contributed by atoms with Gasteiger partial charge in [-0.2, -0.15) is 5.26 Å². The minimum atomic E-state index is -1.19. The van der Waals surface area contributed by atoms with Crippen molar-refractivity contribution in [2.75, 3.05) is 40.9 Å². The molecule has 17 nitrogen and oxygen atoms in total. The number of hydrogen-bond donors (Lipinski definition) is 4. The van der Waals surface area contributed by atoms with E-state index in [-0.39, 0.29) is 55.8 Å². The van der Waals surface area contributed by atoms with Gasteiger partial charge in [-0.25, -0.2) is 5.43 Å². The second kappa shape index (κ2) is 20.3. The number of aryl methyl sites for hydroxylation is 1. The maximum Gasteiger partial charge on any atom is 0.324 e. The topological polar surface area (TPSA) is 221 Å². The summed E-state index contributed by atoms with van der Waals surface area (Å²) in [5, 5.41) is 29.7. The smallest absolute Gasteiger partial charge is 0.324 e. The molecular formula is C55H69N9O8. The Morgan fingerprint density at radius 3 is 2.53 bits per heavy atom. The van der Waals surface area contributed by atoms with Gasteiger partial charge in [0.1, 0.15) is 29.9 Å². The lowest BCUT2D eigenvalue weighted by molar-refractivity contribution is -0.155. The average molecular weight is 984 g/mol. The normalized spacial score (nSPS) is 23.6. The Morgan fingerprint density at radius 2 is 1.82 bits per heavy atom. The quantitative estimate of drug-likeness (QED) is 0.101. The van der Waals surface area contributed by atoms with E-state index in [1.54, 1.807) is 39.5 Å². The van der Waals surface area contributed by atoms with E-state index in [1.807, 2.05) is 25.1 Å². The van der Waals surface area contributed by atoms with E-state index in [0.717, 1.165) is 64.7 Å². The van der Waals surface area contributed by atoms with Crippen molar-refractivity contribution < 1.29 is 38.6 Å². The number of nitriles is 1.